The van der Waals surface area contributed by atoms with E-state index in [9.17, 15) is 9.59 Å². The first-order chi connectivity index (χ1) is 11.8. The van der Waals surface area contributed by atoms with Gasteiger partial charge in [-0.05, 0) is 36.4 Å². The molecule has 0 fully saturated rings. The van der Waals surface area contributed by atoms with E-state index in [4.69, 9.17) is 39.5 Å². The molecule has 0 aliphatic heterocycles. The van der Waals surface area contributed by atoms with E-state index in [1.165, 1.54) is 6.92 Å². The van der Waals surface area contributed by atoms with Crippen molar-refractivity contribution in [2.45, 2.75) is 13.3 Å². The van der Waals surface area contributed by atoms with Crippen LogP contribution in [0.4, 0.5) is 11.4 Å². The fourth-order valence-electron chi connectivity index (χ4n) is 1.96. The molecule has 8 heteroatoms. The van der Waals surface area contributed by atoms with Gasteiger partial charge in [0.2, 0.25) is 11.8 Å². The number of carbonyl (C=O) groups is 2. The highest BCUT2D eigenvalue weighted by Crippen LogP contribution is 2.28. The lowest BCUT2D eigenvalue weighted by molar-refractivity contribution is -0.116. The molecule has 0 bridgehead atoms. The lowest BCUT2D eigenvalue weighted by Gasteiger charge is -2.11. The molecule has 5 nitrogen and oxygen atoms in total. The van der Waals surface area contributed by atoms with Crippen molar-refractivity contribution in [1.29, 1.82) is 0 Å². The summed E-state index contributed by atoms with van der Waals surface area (Å²) in [7, 11) is 0. The summed E-state index contributed by atoms with van der Waals surface area (Å²) in [5.41, 5.74) is 1.00. The summed E-state index contributed by atoms with van der Waals surface area (Å²) in [6.45, 7) is 1.55. The number of ether oxygens (including phenoxy) is 1. The highest BCUT2D eigenvalue weighted by atomic mass is 35.5. The fourth-order valence-corrected chi connectivity index (χ4v) is 2.65. The van der Waals surface area contributed by atoms with Crippen molar-refractivity contribution >= 4 is 58.0 Å². The van der Waals surface area contributed by atoms with Crippen molar-refractivity contribution < 1.29 is 14.3 Å². The molecule has 0 spiro atoms. The second kappa shape index (κ2) is 8.94. The molecule has 0 saturated carbocycles. The van der Waals surface area contributed by atoms with Crippen molar-refractivity contribution in [2.75, 3.05) is 17.2 Å². The zero-order valence-corrected chi connectivity index (χ0v) is 15.5. The minimum atomic E-state index is -0.265. The van der Waals surface area contributed by atoms with Crippen molar-refractivity contribution in [1.82, 2.24) is 0 Å². The van der Waals surface area contributed by atoms with E-state index in [1.807, 2.05) is 0 Å². The molecule has 0 radical (unpaired) electrons. The van der Waals surface area contributed by atoms with E-state index in [-0.39, 0.29) is 24.8 Å². The second-order valence-corrected chi connectivity index (χ2v) is 6.35. The summed E-state index contributed by atoms with van der Waals surface area (Å²) in [6, 6.07) is 9.67. The normalized spacial score (nSPS) is 10.2. The molecule has 0 aliphatic carbocycles. The zero-order chi connectivity index (χ0) is 18.4. The van der Waals surface area contributed by atoms with Gasteiger partial charge in [-0.25, -0.2) is 0 Å². The summed E-state index contributed by atoms with van der Waals surface area (Å²) in [5.74, 6) is -0.0123. The molecule has 0 heterocycles. The molecule has 0 atom stereocenters. The van der Waals surface area contributed by atoms with E-state index >= 15 is 0 Å². The Morgan fingerprint density at radius 1 is 1.00 bits per heavy atom. The van der Waals surface area contributed by atoms with Crippen LogP contribution >= 0.6 is 34.8 Å². The smallest absolute Gasteiger partial charge is 0.227 e. The average Bonchev–Trinajstić information content (AvgIpc) is 2.51. The van der Waals surface area contributed by atoms with Crippen LogP contribution in [0.5, 0.6) is 5.75 Å². The Balaban J connectivity index is 1.86. The van der Waals surface area contributed by atoms with Gasteiger partial charge in [0.25, 0.3) is 0 Å². The molecular formula is C17H15Cl3N2O3. The van der Waals surface area contributed by atoms with E-state index < -0.39 is 0 Å². The maximum Gasteiger partial charge on any atom is 0.227 e. The van der Waals surface area contributed by atoms with Crippen LogP contribution in [0, 0.1) is 0 Å². The number of halogens is 3. The average molecular weight is 402 g/mol. The first kappa shape index (κ1) is 19.4. The number of carbonyl (C=O) groups excluding carboxylic acids is 2. The summed E-state index contributed by atoms with van der Waals surface area (Å²) < 4.78 is 5.46. The van der Waals surface area contributed by atoms with Gasteiger partial charge in [0.05, 0.1) is 28.8 Å². The van der Waals surface area contributed by atoms with Crippen LogP contribution in [0.2, 0.25) is 15.1 Å². The molecule has 2 aromatic carbocycles. The third kappa shape index (κ3) is 6.12. The molecule has 132 valence electrons. The van der Waals surface area contributed by atoms with Gasteiger partial charge >= 0.3 is 0 Å². The van der Waals surface area contributed by atoms with Crippen LogP contribution in [0.25, 0.3) is 0 Å². The summed E-state index contributed by atoms with van der Waals surface area (Å²) in [4.78, 5) is 23.0. The summed E-state index contributed by atoms with van der Waals surface area (Å²) in [6.07, 6.45) is 0.114. The van der Waals surface area contributed by atoms with E-state index in [0.717, 1.165) is 0 Å². The van der Waals surface area contributed by atoms with Gasteiger partial charge in [-0.2, -0.15) is 0 Å². The molecule has 0 aromatic heterocycles. The number of benzene rings is 2. The van der Waals surface area contributed by atoms with Gasteiger partial charge in [0.15, 0.2) is 0 Å². The molecule has 2 amide bonds. The molecule has 2 rings (SSSR count). The monoisotopic (exact) mass is 400 g/mol. The quantitative estimate of drug-likeness (QED) is 0.714. The highest BCUT2D eigenvalue weighted by Gasteiger charge is 2.09. The predicted molar refractivity (Wildman–Crippen MR) is 101 cm³/mol. The first-order valence-corrected chi connectivity index (χ1v) is 8.43. The largest absolute Gasteiger partial charge is 0.491 e. The van der Waals surface area contributed by atoms with Crippen LogP contribution in [-0.2, 0) is 9.59 Å². The first-order valence-electron chi connectivity index (χ1n) is 7.30. The van der Waals surface area contributed by atoms with Gasteiger partial charge in [-0.15, -0.1) is 0 Å². The SMILES string of the molecule is CC(=O)Nc1ccc(NC(=O)CCOc2ccc(Cl)cc2Cl)c(Cl)c1. The molecular weight excluding hydrogens is 387 g/mol. The van der Waals surface area contributed by atoms with Crippen molar-refractivity contribution in [2.24, 2.45) is 0 Å². The fraction of sp³-hybridized carbons (Fsp3) is 0.176. The number of amides is 2. The molecule has 25 heavy (non-hydrogen) atoms. The third-order valence-corrected chi connectivity index (χ3v) is 3.89. The van der Waals surface area contributed by atoms with Gasteiger partial charge in [-0.1, -0.05) is 34.8 Å². The lowest BCUT2D eigenvalue weighted by Crippen LogP contribution is -2.15. The number of anilines is 2. The topological polar surface area (TPSA) is 67.4 Å². The van der Waals surface area contributed by atoms with Gasteiger partial charge in [0.1, 0.15) is 5.75 Å². The predicted octanol–water partition coefficient (Wildman–Crippen LogP) is 5.01. The Morgan fingerprint density at radius 2 is 1.76 bits per heavy atom. The van der Waals surface area contributed by atoms with Crippen molar-refractivity contribution in [3.63, 3.8) is 0 Å². The Labute approximate surface area is 160 Å². The Hall–Kier alpha value is -1.95. The maximum atomic E-state index is 12.0. The Bertz CT molecular complexity index is 797. The standard InChI is InChI=1S/C17H15Cl3N2O3/c1-10(23)21-12-3-4-15(13(19)9-12)22-17(24)6-7-25-16-5-2-11(18)8-14(16)20/h2-5,8-9H,6-7H2,1H3,(H,21,23)(H,22,24). The Morgan fingerprint density at radius 3 is 2.40 bits per heavy atom. The van der Waals surface area contributed by atoms with Crippen LogP contribution in [0.1, 0.15) is 13.3 Å². The van der Waals surface area contributed by atoms with Crippen LogP contribution in [0.3, 0.4) is 0 Å². The van der Waals surface area contributed by atoms with Crippen molar-refractivity contribution in [3.05, 3.63) is 51.5 Å². The third-order valence-electron chi connectivity index (χ3n) is 3.04. The number of nitrogens with one attached hydrogen (secondary N) is 2. The van der Waals surface area contributed by atoms with E-state index in [0.29, 0.717) is 32.2 Å². The summed E-state index contributed by atoms with van der Waals surface area (Å²) >= 11 is 17.9. The maximum absolute atomic E-state index is 12.0. The van der Waals surface area contributed by atoms with Gasteiger partial charge in [0, 0.05) is 17.6 Å². The minimum absolute atomic E-state index is 0.114. The number of hydrogen-bond acceptors (Lipinski definition) is 3. The van der Waals surface area contributed by atoms with Gasteiger partial charge in [-0.3, -0.25) is 9.59 Å². The Kier molecular flexibility index (Phi) is 6.93. The molecule has 0 aliphatic rings. The molecule has 2 aromatic rings. The zero-order valence-electron chi connectivity index (χ0n) is 13.2. The minimum Gasteiger partial charge on any atom is -0.491 e. The second-order valence-electron chi connectivity index (χ2n) is 5.10. The lowest BCUT2D eigenvalue weighted by atomic mass is 10.2. The van der Waals surface area contributed by atoms with Crippen LogP contribution in [0.15, 0.2) is 36.4 Å². The number of rotatable bonds is 6. The van der Waals surface area contributed by atoms with Crippen LogP contribution < -0.4 is 15.4 Å². The van der Waals surface area contributed by atoms with Crippen molar-refractivity contribution in [3.8, 4) is 5.75 Å². The van der Waals surface area contributed by atoms with E-state index in [2.05, 4.69) is 10.6 Å². The molecule has 2 N–H and O–H groups in total. The number of hydrogen-bond donors (Lipinski definition) is 2. The van der Waals surface area contributed by atoms with Gasteiger partial charge < -0.3 is 15.4 Å². The molecule has 0 unspecified atom stereocenters. The molecule has 0 saturated heterocycles. The van der Waals surface area contributed by atoms with Crippen LogP contribution in [-0.4, -0.2) is 18.4 Å². The van der Waals surface area contributed by atoms with E-state index in [1.54, 1.807) is 36.4 Å². The highest BCUT2D eigenvalue weighted by molar-refractivity contribution is 6.35. The summed E-state index contributed by atoms with van der Waals surface area (Å²) in [5, 5.41) is 6.50.